The lowest BCUT2D eigenvalue weighted by Gasteiger charge is -2.11. The monoisotopic (exact) mass is 315 g/mol. The van der Waals surface area contributed by atoms with Crippen LogP contribution in [-0.2, 0) is 21.3 Å². The summed E-state index contributed by atoms with van der Waals surface area (Å²) in [5, 5.41) is 2.87. The number of hydrogen-bond acceptors (Lipinski definition) is 2. The Bertz CT molecular complexity index is 690. The number of carbonyl (C=O) groups excluding carboxylic acids is 1. The molecule has 2 aromatic carbocycles. The van der Waals surface area contributed by atoms with Crippen molar-refractivity contribution in [3.63, 3.8) is 0 Å². The Hall–Kier alpha value is -1.94. The Morgan fingerprint density at radius 3 is 2.32 bits per heavy atom. The molecule has 116 valence electrons. The standard InChI is InChI=1S/C18H21NO2S/c1-13-6-4-9-16(10-13)11-22(21)12-17(20)19-18-14(2)7-5-8-15(18)3/h4-10H,11-12H2,1-3H3,(H,19,20). The van der Waals surface area contributed by atoms with E-state index in [2.05, 4.69) is 5.32 Å². The molecule has 0 aromatic heterocycles. The minimum absolute atomic E-state index is 0.0156. The highest BCUT2D eigenvalue weighted by molar-refractivity contribution is 7.84. The van der Waals surface area contributed by atoms with Gasteiger partial charge in [-0.05, 0) is 37.5 Å². The van der Waals surface area contributed by atoms with Gasteiger partial charge in [-0.25, -0.2) is 0 Å². The lowest BCUT2D eigenvalue weighted by atomic mass is 10.1. The molecule has 2 aromatic rings. The summed E-state index contributed by atoms with van der Waals surface area (Å²) in [6.07, 6.45) is 0. The largest absolute Gasteiger partial charge is 0.325 e. The fourth-order valence-electron chi connectivity index (χ4n) is 2.37. The molecule has 0 heterocycles. The minimum Gasteiger partial charge on any atom is -0.325 e. The minimum atomic E-state index is -1.21. The van der Waals surface area contributed by atoms with Crippen LogP contribution in [0.1, 0.15) is 22.3 Å². The van der Waals surface area contributed by atoms with Crippen molar-refractivity contribution in [3.05, 3.63) is 64.7 Å². The van der Waals surface area contributed by atoms with Crippen molar-refractivity contribution in [2.45, 2.75) is 26.5 Å². The number of rotatable bonds is 5. The van der Waals surface area contributed by atoms with Crippen LogP contribution in [0.15, 0.2) is 42.5 Å². The van der Waals surface area contributed by atoms with Crippen LogP contribution < -0.4 is 5.32 Å². The van der Waals surface area contributed by atoms with Crippen LogP contribution in [-0.4, -0.2) is 15.9 Å². The maximum Gasteiger partial charge on any atom is 0.237 e. The third-order valence-corrected chi connectivity index (χ3v) is 4.69. The number of nitrogens with one attached hydrogen (secondary N) is 1. The highest BCUT2D eigenvalue weighted by Crippen LogP contribution is 2.19. The Kier molecular flexibility index (Phi) is 5.50. The zero-order valence-electron chi connectivity index (χ0n) is 13.2. The van der Waals surface area contributed by atoms with Gasteiger partial charge in [-0.3, -0.25) is 9.00 Å². The summed E-state index contributed by atoms with van der Waals surface area (Å²) in [4.78, 5) is 12.1. The van der Waals surface area contributed by atoms with Crippen LogP contribution in [0.2, 0.25) is 0 Å². The van der Waals surface area contributed by atoms with Crippen LogP contribution in [0.3, 0.4) is 0 Å². The zero-order valence-corrected chi connectivity index (χ0v) is 14.0. The first-order chi connectivity index (χ1) is 10.5. The molecule has 1 amide bonds. The van der Waals surface area contributed by atoms with Gasteiger partial charge in [0.25, 0.3) is 0 Å². The molecule has 22 heavy (non-hydrogen) atoms. The first-order valence-electron chi connectivity index (χ1n) is 7.22. The van der Waals surface area contributed by atoms with E-state index in [9.17, 15) is 9.00 Å². The lowest BCUT2D eigenvalue weighted by molar-refractivity contribution is -0.113. The number of aryl methyl sites for hydroxylation is 3. The molecule has 0 saturated carbocycles. The molecule has 0 saturated heterocycles. The second-order valence-corrected chi connectivity index (χ2v) is 6.99. The van der Waals surface area contributed by atoms with Gasteiger partial charge in [0, 0.05) is 22.2 Å². The van der Waals surface area contributed by atoms with Gasteiger partial charge in [-0.15, -0.1) is 0 Å². The van der Waals surface area contributed by atoms with Crippen molar-refractivity contribution in [3.8, 4) is 0 Å². The topological polar surface area (TPSA) is 46.2 Å². The van der Waals surface area contributed by atoms with Gasteiger partial charge in [0.05, 0.1) is 0 Å². The van der Waals surface area contributed by atoms with Gasteiger partial charge in [0.15, 0.2) is 0 Å². The number of anilines is 1. The van der Waals surface area contributed by atoms with Crippen molar-refractivity contribution in [1.29, 1.82) is 0 Å². The number of para-hydroxylation sites is 1. The Labute approximate surface area is 134 Å². The van der Waals surface area contributed by atoms with Gasteiger partial charge >= 0.3 is 0 Å². The normalized spacial score (nSPS) is 12.0. The summed E-state index contributed by atoms with van der Waals surface area (Å²) < 4.78 is 12.1. The van der Waals surface area contributed by atoms with E-state index in [0.29, 0.717) is 5.75 Å². The average molecular weight is 315 g/mol. The van der Waals surface area contributed by atoms with Crippen LogP contribution in [0, 0.1) is 20.8 Å². The number of benzene rings is 2. The molecule has 2 rings (SSSR count). The van der Waals surface area contributed by atoms with Crippen LogP contribution in [0.5, 0.6) is 0 Å². The quantitative estimate of drug-likeness (QED) is 0.918. The van der Waals surface area contributed by atoms with E-state index in [0.717, 1.165) is 27.9 Å². The van der Waals surface area contributed by atoms with Crippen molar-refractivity contribution >= 4 is 22.4 Å². The molecule has 1 atom stereocenters. The van der Waals surface area contributed by atoms with E-state index < -0.39 is 10.8 Å². The molecule has 0 radical (unpaired) electrons. The first-order valence-corrected chi connectivity index (χ1v) is 8.71. The zero-order chi connectivity index (χ0) is 16.1. The number of carbonyl (C=O) groups is 1. The van der Waals surface area contributed by atoms with Crippen LogP contribution in [0.4, 0.5) is 5.69 Å². The molecule has 0 aliphatic rings. The molecule has 4 heteroatoms. The fourth-order valence-corrected chi connectivity index (χ4v) is 3.39. The third-order valence-electron chi connectivity index (χ3n) is 3.45. The molecule has 0 bridgehead atoms. The molecule has 3 nitrogen and oxygen atoms in total. The van der Waals surface area contributed by atoms with Gasteiger partial charge in [-0.1, -0.05) is 48.0 Å². The number of amides is 1. The van der Waals surface area contributed by atoms with Gasteiger partial charge in [0.1, 0.15) is 5.75 Å². The molecule has 1 unspecified atom stereocenters. The number of hydrogen-bond donors (Lipinski definition) is 1. The summed E-state index contributed by atoms with van der Waals surface area (Å²) in [7, 11) is -1.21. The average Bonchev–Trinajstić information content (AvgIpc) is 2.43. The van der Waals surface area contributed by atoms with Crippen molar-refractivity contribution < 1.29 is 9.00 Å². The Balaban J connectivity index is 1.96. The molecular formula is C18H21NO2S. The predicted molar refractivity (Wildman–Crippen MR) is 92.4 cm³/mol. The lowest BCUT2D eigenvalue weighted by Crippen LogP contribution is -2.21. The third kappa shape index (κ3) is 4.53. The van der Waals surface area contributed by atoms with Crippen molar-refractivity contribution in [1.82, 2.24) is 0 Å². The van der Waals surface area contributed by atoms with E-state index in [-0.39, 0.29) is 11.7 Å². The van der Waals surface area contributed by atoms with E-state index in [1.807, 2.05) is 63.2 Å². The molecule has 0 aliphatic heterocycles. The molecule has 0 fully saturated rings. The highest BCUT2D eigenvalue weighted by Gasteiger charge is 2.11. The maximum absolute atomic E-state index is 12.1. The summed E-state index contributed by atoms with van der Waals surface area (Å²) in [5.41, 5.74) is 4.98. The van der Waals surface area contributed by atoms with Gasteiger partial charge in [0.2, 0.25) is 5.91 Å². The Morgan fingerprint density at radius 1 is 1.05 bits per heavy atom. The van der Waals surface area contributed by atoms with Crippen molar-refractivity contribution in [2.24, 2.45) is 0 Å². The predicted octanol–water partition coefficient (Wildman–Crippen LogP) is 3.50. The summed E-state index contributed by atoms with van der Waals surface area (Å²) in [6.45, 7) is 5.90. The van der Waals surface area contributed by atoms with Crippen LogP contribution in [0.25, 0.3) is 0 Å². The van der Waals surface area contributed by atoms with E-state index in [1.54, 1.807) is 0 Å². The molecule has 1 N–H and O–H groups in total. The second kappa shape index (κ2) is 7.36. The van der Waals surface area contributed by atoms with E-state index >= 15 is 0 Å². The second-order valence-electron chi connectivity index (χ2n) is 5.53. The maximum atomic E-state index is 12.1. The Morgan fingerprint density at radius 2 is 1.68 bits per heavy atom. The summed E-state index contributed by atoms with van der Waals surface area (Å²) in [5.74, 6) is 0.215. The molecule has 0 spiro atoms. The van der Waals surface area contributed by atoms with Gasteiger partial charge in [-0.2, -0.15) is 0 Å². The smallest absolute Gasteiger partial charge is 0.237 e. The first kappa shape index (κ1) is 16.4. The van der Waals surface area contributed by atoms with E-state index in [4.69, 9.17) is 0 Å². The summed E-state index contributed by atoms with van der Waals surface area (Å²) >= 11 is 0. The summed E-state index contributed by atoms with van der Waals surface area (Å²) in [6, 6.07) is 13.7. The SMILES string of the molecule is Cc1cccc(CS(=O)CC(=O)Nc2c(C)cccc2C)c1. The fraction of sp³-hybridized carbons (Fsp3) is 0.278. The van der Waals surface area contributed by atoms with E-state index in [1.165, 1.54) is 0 Å². The molecular weight excluding hydrogens is 294 g/mol. The van der Waals surface area contributed by atoms with Crippen LogP contribution >= 0.6 is 0 Å². The van der Waals surface area contributed by atoms with Crippen molar-refractivity contribution in [2.75, 3.05) is 11.1 Å². The highest BCUT2D eigenvalue weighted by atomic mass is 32.2. The molecule has 0 aliphatic carbocycles. The van der Waals surface area contributed by atoms with Gasteiger partial charge < -0.3 is 5.32 Å².